The number of nitrogens with zero attached hydrogens (tertiary/aromatic N) is 1. The first-order valence-corrected chi connectivity index (χ1v) is 8.84. The summed E-state index contributed by atoms with van der Waals surface area (Å²) < 4.78 is 27.4. The third kappa shape index (κ3) is 5.75. The lowest BCUT2D eigenvalue weighted by Gasteiger charge is -2.24. The van der Waals surface area contributed by atoms with Crippen LogP contribution in [0.4, 0.5) is 0 Å². The van der Waals surface area contributed by atoms with E-state index in [4.69, 9.17) is 9.88 Å². The van der Waals surface area contributed by atoms with Crippen LogP contribution in [0.25, 0.3) is 0 Å². The summed E-state index contributed by atoms with van der Waals surface area (Å²) in [6.45, 7) is 8.51. The van der Waals surface area contributed by atoms with Crippen LogP contribution in [0.3, 0.4) is 0 Å². The Labute approximate surface area is 132 Å². The molecule has 0 fully saturated rings. The summed E-state index contributed by atoms with van der Waals surface area (Å²) in [5, 5.41) is 5.00. The standard InChI is InChI=1S/C15H24N2O4S/c1-4-17(12(2)3)10-5-11-21-15(18)13-6-8-14(9-7-13)22(16,19)20/h6-9,12H,4-5,10-11H2,1-3H3,(H2,16,19,20). The van der Waals surface area contributed by atoms with Gasteiger partial charge in [-0.05, 0) is 51.1 Å². The zero-order valence-corrected chi connectivity index (χ0v) is 14.1. The zero-order valence-electron chi connectivity index (χ0n) is 13.3. The molecule has 6 nitrogen and oxygen atoms in total. The molecule has 7 heteroatoms. The number of primary sulfonamides is 1. The number of sulfonamides is 1. The fraction of sp³-hybridized carbons (Fsp3) is 0.533. The molecule has 0 aromatic heterocycles. The van der Waals surface area contributed by atoms with Crippen molar-refractivity contribution in [3.63, 3.8) is 0 Å². The van der Waals surface area contributed by atoms with Crippen LogP contribution in [0, 0.1) is 0 Å². The van der Waals surface area contributed by atoms with Crippen molar-refractivity contribution in [3.8, 4) is 0 Å². The Hall–Kier alpha value is -1.44. The van der Waals surface area contributed by atoms with Crippen LogP contribution >= 0.6 is 0 Å². The van der Waals surface area contributed by atoms with Crippen molar-refractivity contribution in [3.05, 3.63) is 29.8 Å². The second-order valence-electron chi connectivity index (χ2n) is 5.28. The molecule has 0 heterocycles. The SMILES string of the molecule is CCN(CCCOC(=O)c1ccc(S(N)(=O)=O)cc1)C(C)C. The van der Waals surface area contributed by atoms with Crippen LogP contribution in [0.15, 0.2) is 29.2 Å². The minimum atomic E-state index is -3.74. The summed E-state index contributed by atoms with van der Waals surface area (Å²) in [4.78, 5) is 14.1. The van der Waals surface area contributed by atoms with Gasteiger partial charge in [-0.15, -0.1) is 0 Å². The first kappa shape index (κ1) is 18.6. The molecule has 1 aromatic rings. The Bertz CT molecular complexity index is 582. The third-order valence-electron chi connectivity index (χ3n) is 3.38. The van der Waals surface area contributed by atoms with E-state index in [0.717, 1.165) is 19.5 Å². The predicted molar refractivity (Wildman–Crippen MR) is 85.1 cm³/mol. The summed E-state index contributed by atoms with van der Waals surface area (Å²) in [7, 11) is -3.74. The summed E-state index contributed by atoms with van der Waals surface area (Å²) in [6.07, 6.45) is 0.757. The summed E-state index contributed by atoms with van der Waals surface area (Å²) in [5.41, 5.74) is 0.309. The number of esters is 1. The maximum atomic E-state index is 11.8. The highest BCUT2D eigenvalue weighted by molar-refractivity contribution is 7.89. The second-order valence-corrected chi connectivity index (χ2v) is 6.84. The molecule has 0 spiro atoms. The minimum absolute atomic E-state index is 0.0282. The Kier molecular flexibility index (Phi) is 6.99. The molecular formula is C15H24N2O4S. The van der Waals surface area contributed by atoms with Gasteiger partial charge < -0.3 is 9.64 Å². The summed E-state index contributed by atoms with van der Waals surface area (Å²) >= 11 is 0. The quantitative estimate of drug-likeness (QED) is 0.578. The third-order valence-corrected chi connectivity index (χ3v) is 4.31. The lowest BCUT2D eigenvalue weighted by atomic mass is 10.2. The Morgan fingerprint density at radius 1 is 1.27 bits per heavy atom. The van der Waals surface area contributed by atoms with Gasteiger partial charge in [0.05, 0.1) is 17.1 Å². The normalized spacial score (nSPS) is 11.9. The van der Waals surface area contributed by atoms with Crippen molar-refractivity contribution in [2.24, 2.45) is 5.14 Å². The van der Waals surface area contributed by atoms with Crippen LogP contribution in [-0.2, 0) is 14.8 Å². The van der Waals surface area contributed by atoms with Crippen molar-refractivity contribution < 1.29 is 17.9 Å². The van der Waals surface area contributed by atoms with Crippen LogP contribution in [0.2, 0.25) is 0 Å². The van der Waals surface area contributed by atoms with Crippen LogP contribution in [-0.4, -0.2) is 45.0 Å². The maximum Gasteiger partial charge on any atom is 0.338 e. The zero-order chi connectivity index (χ0) is 16.8. The maximum absolute atomic E-state index is 11.8. The number of nitrogens with two attached hydrogens (primary N) is 1. The molecule has 1 aromatic carbocycles. The van der Waals surface area contributed by atoms with Crippen molar-refractivity contribution in [2.45, 2.75) is 38.1 Å². The Balaban J connectivity index is 2.46. The van der Waals surface area contributed by atoms with Crippen molar-refractivity contribution in [2.75, 3.05) is 19.7 Å². The van der Waals surface area contributed by atoms with E-state index in [9.17, 15) is 13.2 Å². The molecular weight excluding hydrogens is 304 g/mol. The fourth-order valence-electron chi connectivity index (χ4n) is 2.08. The molecule has 0 saturated carbocycles. The molecule has 22 heavy (non-hydrogen) atoms. The Morgan fingerprint density at radius 2 is 1.86 bits per heavy atom. The van der Waals surface area contributed by atoms with E-state index in [2.05, 4.69) is 25.7 Å². The fourth-order valence-corrected chi connectivity index (χ4v) is 2.59. The number of hydrogen-bond acceptors (Lipinski definition) is 5. The van der Waals surface area contributed by atoms with E-state index in [-0.39, 0.29) is 4.90 Å². The van der Waals surface area contributed by atoms with Gasteiger partial charge in [0, 0.05) is 12.6 Å². The molecule has 1 rings (SSSR count). The number of ether oxygens (including phenoxy) is 1. The van der Waals surface area contributed by atoms with Gasteiger partial charge in [-0.2, -0.15) is 0 Å². The molecule has 0 radical (unpaired) electrons. The Morgan fingerprint density at radius 3 is 2.32 bits per heavy atom. The van der Waals surface area contributed by atoms with Gasteiger partial charge in [0.15, 0.2) is 0 Å². The van der Waals surface area contributed by atoms with E-state index < -0.39 is 16.0 Å². The lowest BCUT2D eigenvalue weighted by molar-refractivity contribution is 0.0484. The van der Waals surface area contributed by atoms with Crippen molar-refractivity contribution in [1.29, 1.82) is 0 Å². The summed E-state index contributed by atoms with van der Waals surface area (Å²) in [5.74, 6) is -0.464. The predicted octanol–water partition coefficient (Wildman–Crippen LogP) is 1.61. The number of carbonyl (C=O) groups excluding carboxylic acids is 1. The molecule has 0 saturated heterocycles. The van der Waals surface area contributed by atoms with Crippen molar-refractivity contribution in [1.82, 2.24) is 4.90 Å². The molecule has 0 atom stereocenters. The molecule has 0 aliphatic heterocycles. The van der Waals surface area contributed by atoms with E-state index >= 15 is 0 Å². The average Bonchev–Trinajstić information content (AvgIpc) is 2.46. The van der Waals surface area contributed by atoms with Gasteiger partial charge in [0.1, 0.15) is 0 Å². The first-order valence-electron chi connectivity index (χ1n) is 7.29. The van der Waals surface area contributed by atoms with Gasteiger partial charge in [0.2, 0.25) is 10.0 Å². The second kappa shape index (κ2) is 8.26. The van der Waals surface area contributed by atoms with Gasteiger partial charge in [-0.3, -0.25) is 0 Å². The molecule has 0 aliphatic rings. The van der Waals surface area contributed by atoms with Gasteiger partial charge >= 0.3 is 5.97 Å². The molecule has 0 amide bonds. The van der Waals surface area contributed by atoms with E-state index in [1.165, 1.54) is 24.3 Å². The number of rotatable bonds is 8. The summed E-state index contributed by atoms with van der Waals surface area (Å²) in [6, 6.07) is 5.85. The lowest BCUT2D eigenvalue weighted by Crippen LogP contribution is -2.32. The van der Waals surface area contributed by atoms with Crippen molar-refractivity contribution >= 4 is 16.0 Å². The average molecular weight is 328 g/mol. The van der Waals surface area contributed by atoms with E-state index in [1.54, 1.807) is 0 Å². The van der Waals surface area contributed by atoms with E-state index in [0.29, 0.717) is 18.2 Å². The monoisotopic (exact) mass is 328 g/mol. The van der Waals surface area contributed by atoms with E-state index in [1.807, 2.05) is 0 Å². The molecule has 124 valence electrons. The number of hydrogen-bond donors (Lipinski definition) is 1. The van der Waals surface area contributed by atoms with Crippen LogP contribution in [0.1, 0.15) is 37.6 Å². The smallest absolute Gasteiger partial charge is 0.338 e. The number of carbonyl (C=O) groups is 1. The molecule has 0 unspecified atom stereocenters. The van der Waals surface area contributed by atoms with Crippen LogP contribution < -0.4 is 5.14 Å². The minimum Gasteiger partial charge on any atom is -0.462 e. The highest BCUT2D eigenvalue weighted by Crippen LogP contribution is 2.10. The molecule has 2 N–H and O–H groups in total. The number of benzene rings is 1. The molecule has 0 bridgehead atoms. The van der Waals surface area contributed by atoms with Gasteiger partial charge in [-0.25, -0.2) is 18.4 Å². The first-order chi connectivity index (χ1) is 10.3. The highest BCUT2D eigenvalue weighted by atomic mass is 32.2. The van der Waals surface area contributed by atoms with Gasteiger partial charge in [-0.1, -0.05) is 6.92 Å². The topological polar surface area (TPSA) is 89.7 Å². The molecule has 0 aliphatic carbocycles. The van der Waals surface area contributed by atoms with Crippen LogP contribution in [0.5, 0.6) is 0 Å². The largest absolute Gasteiger partial charge is 0.462 e. The highest BCUT2D eigenvalue weighted by Gasteiger charge is 2.12. The van der Waals surface area contributed by atoms with Gasteiger partial charge in [0.25, 0.3) is 0 Å².